The first-order chi connectivity index (χ1) is 16.2. The van der Waals surface area contributed by atoms with Crippen LogP contribution in [0.15, 0.2) is 36.4 Å². The van der Waals surface area contributed by atoms with Crippen LogP contribution in [0.2, 0.25) is 0 Å². The van der Waals surface area contributed by atoms with Gasteiger partial charge in [0.05, 0.1) is 26.4 Å². The first-order valence-electron chi connectivity index (χ1n) is 10.2. The Hall–Kier alpha value is -3.35. The number of benzene rings is 2. The van der Waals surface area contributed by atoms with Crippen LogP contribution in [-0.4, -0.2) is 88.0 Å². The molecule has 34 heavy (non-hydrogen) atoms. The van der Waals surface area contributed by atoms with E-state index >= 15 is 0 Å². The highest BCUT2D eigenvalue weighted by molar-refractivity contribution is 6.09. The van der Waals surface area contributed by atoms with E-state index < -0.39 is 48.8 Å². The van der Waals surface area contributed by atoms with Gasteiger partial charge in [0.25, 0.3) is 0 Å². The van der Waals surface area contributed by atoms with E-state index in [0.717, 1.165) is 0 Å². The topological polar surface area (TPSA) is 175 Å². The van der Waals surface area contributed by atoms with Crippen LogP contribution < -0.4 is 14.2 Å². The van der Waals surface area contributed by atoms with Crippen molar-refractivity contribution in [2.24, 2.45) is 0 Å². The minimum Gasteiger partial charge on any atom is -0.504 e. The Morgan fingerprint density at radius 3 is 2.38 bits per heavy atom. The number of ketones is 1. The van der Waals surface area contributed by atoms with Crippen LogP contribution in [0.3, 0.4) is 0 Å². The van der Waals surface area contributed by atoms with Crippen molar-refractivity contribution in [3.8, 4) is 28.7 Å². The number of rotatable bonds is 8. The van der Waals surface area contributed by atoms with E-state index in [9.17, 15) is 35.4 Å². The summed E-state index contributed by atoms with van der Waals surface area (Å²) in [5.41, 5.74) is 0.456. The maximum Gasteiger partial charge on any atom is 0.229 e. The third-order valence-corrected chi connectivity index (χ3v) is 5.29. The van der Waals surface area contributed by atoms with Crippen molar-refractivity contribution >= 4 is 11.9 Å². The van der Waals surface area contributed by atoms with E-state index in [1.54, 1.807) is 6.07 Å². The SMILES string of the molecule is COc1cc(/C=C/C(=O)c2ccc(O[C@@H]3OC(CO)[C@@H](O)[C@H](O)C3O)c(OC)c2O)ccc1O. The monoisotopic (exact) mass is 478 g/mol. The highest BCUT2D eigenvalue weighted by atomic mass is 16.7. The lowest BCUT2D eigenvalue weighted by atomic mass is 9.99. The van der Waals surface area contributed by atoms with Gasteiger partial charge in [0.1, 0.15) is 24.4 Å². The van der Waals surface area contributed by atoms with Gasteiger partial charge < -0.3 is 49.6 Å². The number of phenolic OH excluding ortho intramolecular Hbond substituents is 2. The fraction of sp³-hybridized carbons (Fsp3) is 0.348. The van der Waals surface area contributed by atoms with E-state index in [1.165, 1.54) is 50.6 Å². The molecule has 0 bridgehead atoms. The van der Waals surface area contributed by atoms with Crippen LogP contribution >= 0.6 is 0 Å². The van der Waals surface area contributed by atoms with Gasteiger partial charge in [-0.2, -0.15) is 0 Å². The molecule has 0 radical (unpaired) electrons. The summed E-state index contributed by atoms with van der Waals surface area (Å²) in [6.07, 6.45) is -4.90. The Labute approximate surface area is 194 Å². The minimum absolute atomic E-state index is 0.0525. The molecular weight excluding hydrogens is 452 g/mol. The van der Waals surface area contributed by atoms with Crippen molar-refractivity contribution in [3.05, 3.63) is 47.5 Å². The smallest absolute Gasteiger partial charge is 0.229 e. The number of allylic oxidation sites excluding steroid dienone is 1. The van der Waals surface area contributed by atoms with Crippen molar-refractivity contribution in [1.82, 2.24) is 0 Å². The van der Waals surface area contributed by atoms with E-state index in [2.05, 4.69) is 0 Å². The number of hydrogen-bond acceptors (Lipinski definition) is 11. The molecule has 1 aliphatic rings. The first-order valence-corrected chi connectivity index (χ1v) is 10.2. The van der Waals surface area contributed by atoms with E-state index in [1.807, 2.05) is 0 Å². The Kier molecular flexibility index (Phi) is 7.97. The number of aliphatic hydroxyl groups is 4. The molecule has 0 spiro atoms. The molecule has 0 aromatic heterocycles. The molecule has 11 heteroatoms. The molecule has 3 rings (SSSR count). The van der Waals surface area contributed by atoms with E-state index in [4.69, 9.17) is 18.9 Å². The Balaban J connectivity index is 1.82. The number of hydrogen-bond donors (Lipinski definition) is 6. The summed E-state index contributed by atoms with van der Waals surface area (Å²) in [7, 11) is 2.62. The van der Waals surface area contributed by atoms with Gasteiger partial charge in [0.15, 0.2) is 28.8 Å². The average Bonchev–Trinajstić information content (AvgIpc) is 2.83. The molecular formula is C23H26O11. The first kappa shape index (κ1) is 25.3. The van der Waals surface area contributed by atoms with Crippen LogP contribution in [0.4, 0.5) is 0 Å². The van der Waals surface area contributed by atoms with Crippen molar-refractivity contribution < 1.29 is 54.4 Å². The van der Waals surface area contributed by atoms with Gasteiger partial charge in [0.2, 0.25) is 12.0 Å². The molecule has 2 aromatic rings. The number of phenols is 2. The van der Waals surface area contributed by atoms with Crippen LogP contribution in [0, 0.1) is 0 Å². The Morgan fingerprint density at radius 2 is 1.74 bits per heavy atom. The fourth-order valence-electron chi connectivity index (χ4n) is 3.39. The molecule has 0 amide bonds. The van der Waals surface area contributed by atoms with Gasteiger partial charge >= 0.3 is 0 Å². The van der Waals surface area contributed by atoms with Gasteiger partial charge in [-0.05, 0) is 35.9 Å². The summed E-state index contributed by atoms with van der Waals surface area (Å²) in [5, 5.41) is 59.5. The Bertz CT molecular complexity index is 1050. The molecule has 0 saturated carbocycles. The average molecular weight is 478 g/mol. The molecule has 11 nitrogen and oxygen atoms in total. The largest absolute Gasteiger partial charge is 0.504 e. The summed E-state index contributed by atoms with van der Waals surface area (Å²) in [6.45, 7) is -0.639. The molecule has 0 aliphatic carbocycles. The zero-order valence-corrected chi connectivity index (χ0v) is 18.4. The number of methoxy groups -OCH3 is 2. The van der Waals surface area contributed by atoms with Gasteiger partial charge in [-0.25, -0.2) is 0 Å². The highest BCUT2D eigenvalue weighted by Gasteiger charge is 2.45. The second kappa shape index (κ2) is 10.7. The summed E-state index contributed by atoms with van der Waals surface area (Å²) < 4.78 is 21.0. The Morgan fingerprint density at radius 1 is 1.00 bits per heavy atom. The van der Waals surface area contributed by atoms with Gasteiger partial charge in [-0.15, -0.1) is 0 Å². The lowest BCUT2D eigenvalue weighted by molar-refractivity contribution is -0.277. The van der Waals surface area contributed by atoms with Crippen LogP contribution in [-0.2, 0) is 4.74 Å². The molecule has 6 N–H and O–H groups in total. The van der Waals surface area contributed by atoms with E-state index in [0.29, 0.717) is 5.56 Å². The molecule has 2 unspecified atom stereocenters. The second-order valence-electron chi connectivity index (χ2n) is 7.44. The number of aliphatic hydroxyl groups excluding tert-OH is 4. The molecule has 1 fully saturated rings. The molecule has 5 atom stereocenters. The summed E-state index contributed by atoms with van der Waals surface area (Å²) >= 11 is 0. The normalized spacial score (nSPS) is 24.7. The number of carbonyl (C=O) groups excluding carboxylic acids is 1. The van der Waals surface area contributed by atoms with Gasteiger partial charge in [-0.1, -0.05) is 12.1 Å². The van der Waals surface area contributed by atoms with Crippen molar-refractivity contribution in [1.29, 1.82) is 0 Å². The third kappa shape index (κ3) is 5.08. The zero-order chi connectivity index (χ0) is 25.0. The summed E-state index contributed by atoms with van der Waals surface area (Å²) in [6, 6.07) is 7.07. The lowest BCUT2D eigenvalue weighted by Crippen LogP contribution is -2.60. The second-order valence-corrected chi connectivity index (χ2v) is 7.44. The quantitative estimate of drug-likeness (QED) is 0.226. The zero-order valence-electron chi connectivity index (χ0n) is 18.4. The maximum absolute atomic E-state index is 12.7. The molecule has 2 aromatic carbocycles. The molecule has 1 heterocycles. The summed E-state index contributed by atoms with van der Waals surface area (Å²) in [5.74, 6) is -1.28. The predicted octanol–water partition coefficient (Wildman–Crippen LogP) is 0.190. The summed E-state index contributed by atoms with van der Waals surface area (Å²) in [4.78, 5) is 12.7. The lowest BCUT2D eigenvalue weighted by Gasteiger charge is -2.39. The van der Waals surface area contributed by atoms with Gasteiger partial charge in [-0.3, -0.25) is 4.79 Å². The standard InChI is InChI=1S/C23H26O11/c1-31-16-9-11(4-7-14(16)26)3-6-13(25)12-5-8-15(22(32-2)18(12)27)33-23-21(30)20(29)19(28)17(10-24)34-23/h3-9,17,19-21,23-24,26-30H,10H2,1-2H3/b6-3+/t17?,19-,20+,21?,23-/m1/s1. The minimum atomic E-state index is -1.67. The van der Waals surface area contributed by atoms with Crippen molar-refractivity contribution in [3.63, 3.8) is 0 Å². The predicted molar refractivity (Wildman–Crippen MR) is 117 cm³/mol. The number of aromatic hydroxyl groups is 2. The fourth-order valence-corrected chi connectivity index (χ4v) is 3.39. The highest BCUT2D eigenvalue weighted by Crippen LogP contribution is 2.41. The van der Waals surface area contributed by atoms with Crippen LogP contribution in [0.5, 0.6) is 28.7 Å². The van der Waals surface area contributed by atoms with E-state index in [-0.39, 0.29) is 28.6 Å². The van der Waals surface area contributed by atoms with Crippen LogP contribution in [0.25, 0.3) is 6.08 Å². The molecule has 184 valence electrons. The third-order valence-electron chi connectivity index (χ3n) is 5.29. The number of carbonyl (C=O) groups is 1. The van der Waals surface area contributed by atoms with Gasteiger partial charge in [0, 0.05) is 0 Å². The number of ether oxygens (including phenoxy) is 4. The van der Waals surface area contributed by atoms with Crippen molar-refractivity contribution in [2.45, 2.75) is 30.7 Å². The maximum atomic E-state index is 12.7. The molecule has 1 saturated heterocycles. The van der Waals surface area contributed by atoms with Crippen molar-refractivity contribution in [2.75, 3.05) is 20.8 Å². The molecule has 1 aliphatic heterocycles. The van der Waals surface area contributed by atoms with Crippen LogP contribution in [0.1, 0.15) is 15.9 Å².